The first-order chi connectivity index (χ1) is 15.9. The maximum atomic E-state index is 14.5. The van der Waals surface area contributed by atoms with Gasteiger partial charge in [0.15, 0.2) is 5.65 Å². The van der Waals surface area contributed by atoms with Gasteiger partial charge in [-0.05, 0) is 38.0 Å². The van der Waals surface area contributed by atoms with E-state index in [1.165, 1.54) is 22.9 Å². The third-order valence-electron chi connectivity index (χ3n) is 5.20. The van der Waals surface area contributed by atoms with E-state index >= 15 is 0 Å². The molecule has 33 heavy (non-hydrogen) atoms. The molecule has 1 atom stereocenters. The highest BCUT2D eigenvalue weighted by molar-refractivity contribution is 5.57. The zero-order valence-electron chi connectivity index (χ0n) is 17.4. The molecule has 0 aliphatic heterocycles. The average molecular weight is 447 g/mol. The predicted molar refractivity (Wildman–Crippen MR) is 114 cm³/mol. The molecule has 1 fully saturated rings. The molecule has 12 heteroatoms. The molecule has 11 nitrogen and oxygen atoms in total. The van der Waals surface area contributed by atoms with E-state index in [2.05, 4.69) is 35.3 Å². The molecular formula is C21H18FN9O2. The lowest BCUT2D eigenvalue weighted by Crippen LogP contribution is -2.25. The lowest BCUT2D eigenvalue weighted by molar-refractivity contribution is 0.454. The lowest BCUT2D eigenvalue weighted by Gasteiger charge is -2.15. The highest BCUT2D eigenvalue weighted by Crippen LogP contribution is 2.23. The zero-order chi connectivity index (χ0) is 23.1. The number of hydrogen-bond acceptors (Lipinski definition) is 8. The number of anilines is 1. The van der Waals surface area contributed by atoms with Gasteiger partial charge in [-0.1, -0.05) is 6.07 Å². The fourth-order valence-electron chi connectivity index (χ4n) is 3.36. The first-order valence-electron chi connectivity index (χ1n) is 10.2. The van der Waals surface area contributed by atoms with Gasteiger partial charge in [0.25, 0.3) is 5.62 Å². The van der Waals surface area contributed by atoms with Crippen LogP contribution in [0.2, 0.25) is 0 Å². The predicted octanol–water partition coefficient (Wildman–Crippen LogP) is 0.641. The number of imidazole rings is 1. The van der Waals surface area contributed by atoms with E-state index in [0.29, 0.717) is 22.0 Å². The van der Waals surface area contributed by atoms with E-state index in [1.54, 1.807) is 19.1 Å². The van der Waals surface area contributed by atoms with Gasteiger partial charge < -0.3 is 15.4 Å². The number of nitriles is 1. The average Bonchev–Trinajstić information content (AvgIpc) is 3.42. The molecule has 0 saturated heterocycles. The van der Waals surface area contributed by atoms with Crippen LogP contribution >= 0.6 is 0 Å². The molecule has 0 spiro atoms. The molecule has 0 radical (unpaired) electrons. The van der Waals surface area contributed by atoms with Gasteiger partial charge in [0.05, 0.1) is 29.9 Å². The van der Waals surface area contributed by atoms with Crippen molar-refractivity contribution in [2.75, 3.05) is 5.32 Å². The quantitative estimate of drug-likeness (QED) is 0.349. The standard InChI is InChI=1S/C21H18FN9O2/c1-10(14-5-2-11(8-23)6-15(14)22)25-19-28-17-12(7-16-18(32)29-21(33)27-16)9-24-31(17)20(30-19)26-13-3-4-13/h2,5-7,9-10,13,32H,3-4H2,1H3,(H,25,26,30)(H2,27,29,33)/b12-7+/t10-/m1/s1. The molecule has 1 aromatic carbocycles. The maximum Gasteiger partial charge on any atom is 0.326 e. The van der Waals surface area contributed by atoms with Gasteiger partial charge in [0, 0.05) is 10.8 Å². The van der Waals surface area contributed by atoms with Crippen LogP contribution in [0.1, 0.15) is 42.6 Å². The number of nitrogens with one attached hydrogen (secondary N) is 3. The molecule has 0 unspecified atom stereocenters. The van der Waals surface area contributed by atoms with Gasteiger partial charge in [0.1, 0.15) is 11.5 Å². The number of aromatic hydroxyl groups is 1. The Morgan fingerprint density at radius 2 is 2.21 bits per heavy atom. The Balaban J connectivity index is 1.60. The van der Waals surface area contributed by atoms with Crippen LogP contribution in [0.4, 0.5) is 10.3 Å². The van der Waals surface area contributed by atoms with Crippen molar-refractivity contribution in [3.8, 4) is 11.9 Å². The number of aromatic nitrogens is 6. The number of rotatable bonds is 5. The Kier molecular flexibility index (Phi) is 4.86. The first kappa shape index (κ1) is 20.4. The van der Waals surface area contributed by atoms with Gasteiger partial charge in [-0.15, -0.1) is 0 Å². The van der Waals surface area contributed by atoms with E-state index < -0.39 is 17.5 Å². The fourth-order valence-corrected chi connectivity index (χ4v) is 3.36. The second kappa shape index (κ2) is 7.86. The van der Waals surface area contributed by atoms with Crippen molar-refractivity contribution >= 4 is 17.7 Å². The van der Waals surface area contributed by atoms with E-state index in [9.17, 15) is 14.3 Å². The Bertz CT molecular complexity index is 1590. The van der Waals surface area contributed by atoms with Gasteiger partial charge in [-0.3, -0.25) is 4.98 Å². The van der Waals surface area contributed by atoms with Crippen LogP contribution in [0.25, 0.3) is 11.7 Å². The van der Waals surface area contributed by atoms with Gasteiger partial charge in [-0.25, -0.2) is 14.2 Å². The number of halogens is 1. The molecule has 5 rings (SSSR count). The third-order valence-corrected chi connectivity index (χ3v) is 5.20. The summed E-state index contributed by atoms with van der Waals surface area (Å²) in [6.07, 6.45) is 4.96. The van der Waals surface area contributed by atoms with Crippen LogP contribution < -0.4 is 21.8 Å². The van der Waals surface area contributed by atoms with Crippen molar-refractivity contribution in [1.82, 2.24) is 29.5 Å². The SMILES string of the molecule is C[C@@H](Nc1nc(=NC2CC2)n2nc/c(=C\c3[nH]c(=O)[nH]c3O)c2n1)c1ccc(C#N)cc1F. The summed E-state index contributed by atoms with van der Waals surface area (Å²) in [4.78, 5) is 29.8. The van der Waals surface area contributed by atoms with E-state index in [4.69, 9.17) is 5.26 Å². The summed E-state index contributed by atoms with van der Waals surface area (Å²) in [5, 5.41) is 26.7. The lowest BCUT2D eigenvalue weighted by atomic mass is 10.1. The molecule has 1 saturated carbocycles. The molecule has 0 bridgehead atoms. The summed E-state index contributed by atoms with van der Waals surface area (Å²) in [5.41, 5.74) is 0.946. The van der Waals surface area contributed by atoms with Crippen molar-refractivity contribution in [3.05, 3.63) is 68.4 Å². The summed E-state index contributed by atoms with van der Waals surface area (Å²) in [6, 6.07) is 5.83. The number of benzene rings is 1. The topological polar surface area (TPSA) is 160 Å². The number of H-pyrrole nitrogens is 2. The minimum Gasteiger partial charge on any atom is -0.493 e. The van der Waals surface area contributed by atoms with Crippen LogP contribution in [0.5, 0.6) is 5.88 Å². The molecule has 4 N–H and O–H groups in total. The Hall–Kier alpha value is -4.53. The van der Waals surface area contributed by atoms with E-state index in [-0.39, 0.29) is 29.1 Å². The van der Waals surface area contributed by atoms with Gasteiger partial charge in [-0.2, -0.15) is 24.8 Å². The molecule has 166 valence electrons. The number of fused-ring (bicyclic) bond motifs is 1. The highest BCUT2D eigenvalue weighted by atomic mass is 19.1. The summed E-state index contributed by atoms with van der Waals surface area (Å²) in [7, 11) is 0. The monoisotopic (exact) mass is 447 g/mol. The molecule has 1 aliphatic rings. The first-order valence-corrected chi connectivity index (χ1v) is 10.2. The summed E-state index contributed by atoms with van der Waals surface area (Å²) >= 11 is 0. The molecule has 4 aromatic rings. The number of hydrogen-bond donors (Lipinski definition) is 4. The second-order valence-corrected chi connectivity index (χ2v) is 7.74. The minimum atomic E-state index is -0.546. The number of nitrogens with zero attached hydrogens (tertiary/aromatic N) is 6. The fraction of sp³-hybridized carbons (Fsp3) is 0.238. The van der Waals surface area contributed by atoms with Crippen LogP contribution in [-0.2, 0) is 0 Å². The maximum absolute atomic E-state index is 14.5. The molecule has 3 heterocycles. The van der Waals surface area contributed by atoms with Crippen LogP contribution in [0.15, 0.2) is 34.2 Å². The van der Waals surface area contributed by atoms with Gasteiger partial charge in [0.2, 0.25) is 11.8 Å². The van der Waals surface area contributed by atoms with E-state index in [1.807, 2.05) is 6.07 Å². The Morgan fingerprint density at radius 1 is 1.39 bits per heavy atom. The Labute approximate surface area is 185 Å². The normalized spacial score (nSPS) is 15.7. The van der Waals surface area contributed by atoms with Crippen molar-refractivity contribution < 1.29 is 9.50 Å². The molecular weight excluding hydrogens is 429 g/mol. The van der Waals surface area contributed by atoms with Crippen LogP contribution in [0, 0.1) is 17.1 Å². The summed E-state index contributed by atoms with van der Waals surface area (Å²) in [6.45, 7) is 1.75. The van der Waals surface area contributed by atoms with E-state index in [0.717, 1.165) is 12.8 Å². The molecule has 3 aromatic heterocycles. The Morgan fingerprint density at radius 3 is 2.88 bits per heavy atom. The minimum absolute atomic E-state index is 0.158. The van der Waals surface area contributed by atoms with Crippen LogP contribution in [-0.4, -0.2) is 40.7 Å². The number of aromatic amines is 2. The van der Waals surface area contributed by atoms with Crippen LogP contribution in [0.3, 0.4) is 0 Å². The van der Waals surface area contributed by atoms with Crippen molar-refractivity contribution in [2.24, 2.45) is 4.99 Å². The van der Waals surface area contributed by atoms with Gasteiger partial charge >= 0.3 is 5.69 Å². The highest BCUT2D eigenvalue weighted by Gasteiger charge is 2.21. The van der Waals surface area contributed by atoms with Crippen molar-refractivity contribution in [2.45, 2.75) is 31.8 Å². The zero-order valence-corrected chi connectivity index (χ0v) is 17.4. The van der Waals surface area contributed by atoms with Crippen molar-refractivity contribution in [1.29, 1.82) is 5.26 Å². The third kappa shape index (κ3) is 4.03. The smallest absolute Gasteiger partial charge is 0.326 e. The van der Waals surface area contributed by atoms with Crippen molar-refractivity contribution in [3.63, 3.8) is 0 Å². The molecule has 1 aliphatic carbocycles. The summed E-state index contributed by atoms with van der Waals surface area (Å²) < 4.78 is 16.0. The molecule has 0 amide bonds. The second-order valence-electron chi connectivity index (χ2n) is 7.74. The largest absolute Gasteiger partial charge is 0.493 e. The summed E-state index contributed by atoms with van der Waals surface area (Å²) in [5.74, 6) is -0.608.